The molecule has 0 amide bonds. The zero-order chi connectivity index (χ0) is 40.2. The molecule has 3 fully saturated rings. The average molecular weight is 781 g/mol. The molecule has 57 heavy (non-hydrogen) atoms. The van der Waals surface area contributed by atoms with Crippen molar-refractivity contribution in [2.75, 3.05) is 54.6 Å². The van der Waals surface area contributed by atoms with Crippen LogP contribution in [0.3, 0.4) is 0 Å². The number of hydrogen-bond donors (Lipinski definition) is 2. The van der Waals surface area contributed by atoms with E-state index < -0.39 is 58.0 Å². The number of likely N-dealkylation sites (N-methyl/N-ethyl adjacent to an activating group) is 1. The monoisotopic (exact) mass is 780 g/mol. The molecule has 5 aliphatic heterocycles. The molecule has 1 spiro atoms. The lowest BCUT2D eigenvalue weighted by Gasteiger charge is -2.63. The second-order valence-electron chi connectivity index (χ2n) is 17.5. The van der Waals surface area contributed by atoms with Crippen LogP contribution in [-0.2, 0) is 45.3 Å². The zero-order valence-corrected chi connectivity index (χ0v) is 34.2. The smallest absolute Gasteiger partial charge is 0.344 e. The van der Waals surface area contributed by atoms with Crippen LogP contribution in [0.25, 0.3) is 10.9 Å². The van der Waals surface area contributed by atoms with Crippen LogP contribution in [-0.4, -0.2) is 127 Å². The minimum absolute atomic E-state index is 0.0626. The molecular formula is C45H56N4O8. The maximum absolute atomic E-state index is 15.2. The quantitative estimate of drug-likeness (QED) is 0.236. The molecule has 6 heterocycles. The molecule has 9 rings (SSSR count). The molecule has 2 aliphatic carbocycles. The number of hydrogen-bond acceptors (Lipinski definition) is 11. The van der Waals surface area contributed by atoms with E-state index in [2.05, 4.69) is 64.2 Å². The summed E-state index contributed by atoms with van der Waals surface area (Å²) in [7, 11) is 6.34. The Hall–Kier alpha value is -4.23. The molecule has 1 aromatic carbocycles. The highest BCUT2D eigenvalue weighted by molar-refractivity contribution is 5.91. The average Bonchev–Trinajstić information content (AvgIpc) is 3.87. The number of H-pyrrole nitrogens is 1. The number of carbonyl (C=O) groups is 3. The standard InChI is InChI=1S/C45H56N4O8/c1-8-27-19-28-22-44(40(51)55-6,36-30(25-48(23-27)24-28)29-13-10-11-14-33(29)46-36)32-20-31-34(21-35(32)54-5)47(4)38-43(31)16-18-49-17-12-15-42(9-2,37(43)49)39(57-26(3)50)45(38,53)41(52)56-7/h10-15,19-21,28,32,35,37-39,46,53H,8-9,16-18,22-25H2,1-7H3/t28-,32?,35?,37+,38-,39-,42-,43-,44+,45+/m1/s1. The molecule has 7 aliphatic rings. The van der Waals surface area contributed by atoms with Crippen LogP contribution in [0.5, 0.6) is 0 Å². The molecule has 3 unspecified atom stereocenters. The Morgan fingerprint density at radius 1 is 1.00 bits per heavy atom. The number of methoxy groups -OCH3 is 3. The van der Waals surface area contributed by atoms with Gasteiger partial charge in [0.15, 0.2) is 6.10 Å². The lowest BCUT2D eigenvalue weighted by Crippen LogP contribution is -2.79. The number of carbonyl (C=O) groups excluding carboxylic acids is 3. The normalized spacial score (nSPS) is 39.1. The van der Waals surface area contributed by atoms with Gasteiger partial charge in [-0.15, -0.1) is 0 Å². The highest BCUT2D eigenvalue weighted by Crippen LogP contribution is 2.70. The summed E-state index contributed by atoms with van der Waals surface area (Å²) in [6.45, 7) is 9.30. The van der Waals surface area contributed by atoms with Crippen molar-refractivity contribution >= 4 is 28.8 Å². The van der Waals surface area contributed by atoms with E-state index in [1.54, 1.807) is 7.11 Å². The first-order chi connectivity index (χ1) is 27.4. The predicted molar refractivity (Wildman–Crippen MR) is 213 cm³/mol. The third-order valence-electron chi connectivity index (χ3n) is 15.2. The summed E-state index contributed by atoms with van der Waals surface area (Å²) in [5, 5.41) is 14.4. The van der Waals surface area contributed by atoms with Gasteiger partial charge in [-0.2, -0.15) is 0 Å². The number of fused-ring (bicyclic) bond motifs is 6. The molecule has 304 valence electrons. The van der Waals surface area contributed by atoms with Crippen molar-refractivity contribution in [3.05, 3.63) is 82.7 Å². The van der Waals surface area contributed by atoms with Crippen molar-refractivity contribution in [3.63, 3.8) is 0 Å². The Morgan fingerprint density at radius 3 is 2.47 bits per heavy atom. The number of benzene rings is 1. The Labute approximate surface area is 334 Å². The van der Waals surface area contributed by atoms with Crippen LogP contribution in [0.2, 0.25) is 0 Å². The maximum Gasteiger partial charge on any atom is 0.344 e. The molecule has 2 N–H and O–H groups in total. The summed E-state index contributed by atoms with van der Waals surface area (Å²) in [6, 6.07) is 7.15. The number of aliphatic hydroxyl groups is 1. The van der Waals surface area contributed by atoms with Gasteiger partial charge >= 0.3 is 17.9 Å². The van der Waals surface area contributed by atoms with Gasteiger partial charge < -0.3 is 33.9 Å². The highest BCUT2D eigenvalue weighted by Gasteiger charge is 2.81. The summed E-state index contributed by atoms with van der Waals surface area (Å²) in [5.74, 6) is -2.24. The lowest BCUT2D eigenvalue weighted by molar-refractivity contribution is -0.243. The van der Waals surface area contributed by atoms with E-state index in [0.29, 0.717) is 38.9 Å². The van der Waals surface area contributed by atoms with Gasteiger partial charge in [0.2, 0.25) is 5.60 Å². The van der Waals surface area contributed by atoms with Gasteiger partial charge in [-0.25, -0.2) is 4.79 Å². The molecular weight excluding hydrogens is 725 g/mol. The Kier molecular flexibility index (Phi) is 9.01. The first-order valence-corrected chi connectivity index (χ1v) is 20.6. The van der Waals surface area contributed by atoms with Crippen LogP contribution < -0.4 is 0 Å². The Bertz CT molecular complexity index is 2160. The highest BCUT2D eigenvalue weighted by atomic mass is 16.6. The topological polar surface area (TPSA) is 134 Å². The molecule has 2 bridgehead atoms. The molecule has 1 aromatic heterocycles. The first-order valence-electron chi connectivity index (χ1n) is 20.6. The van der Waals surface area contributed by atoms with Crippen molar-refractivity contribution in [2.24, 2.45) is 22.7 Å². The van der Waals surface area contributed by atoms with E-state index in [0.717, 1.165) is 52.9 Å². The van der Waals surface area contributed by atoms with Crippen molar-refractivity contribution in [2.45, 2.75) is 88.3 Å². The van der Waals surface area contributed by atoms with E-state index in [9.17, 15) is 14.7 Å². The maximum atomic E-state index is 15.2. The fourth-order valence-electron chi connectivity index (χ4n) is 13.3. The van der Waals surface area contributed by atoms with Gasteiger partial charge in [0.05, 0.1) is 26.4 Å². The number of likely N-dealkylation sites (tertiary alicyclic amines) is 1. The van der Waals surface area contributed by atoms with Crippen LogP contribution >= 0.6 is 0 Å². The number of aromatic amines is 1. The molecule has 11 atom stereocenters. The number of esters is 3. The lowest BCUT2D eigenvalue weighted by atomic mass is 9.47. The number of rotatable bonds is 7. The Morgan fingerprint density at radius 2 is 1.77 bits per heavy atom. The van der Waals surface area contributed by atoms with Gasteiger partial charge in [-0.3, -0.25) is 19.4 Å². The first kappa shape index (κ1) is 38.3. The van der Waals surface area contributed by atoms with Crippen LogP contribution in [0, 0.1) is 22.7 Å². The van der Waals surface area contributed by atoms with E-state index in [1.165, 1.54) is 26.7 Å². The van der Waals surface area contributed by atoms with E-state index >= 15 is 4.79 Å². The van der Waals surface area contributed by atoms with Crippen LogP contribution in [0.1, 0.15) is 57.7 Å². The molecule has 1 saturated carbocycles. The second-order valence-corrected chi connectivity index (χ2v) is 17.5. The molecule has 12 heteroatoms. The largest absolute Gasteiger partial charge is 0.468 e. The van der Waals surface area contributed by atoms with Crippen LogP contribution in [0.4, 0.5) is 0 Å². The molecule has 2 saturated heterocycles. The van der Waals surface area contributed by atoms with Gasteiger partial charge in [0.25, 0.3) is 0 Å². The number of nitrogens with one attached hydrogen (secondary N) is 1. The number of aromatic nitrogens is 1. The summed E-state index contributed by atoms with van der Waals surface area (Å²) < 4.78 is 24.1. The number of allylic oxidation sites excluding steroid dienone is 1. The molecule has 0 radical (unpaired) electrons. The molecule has 2 aromatic rings. The van der Waals surface area contributed by atoms with E-state index in [-0.39, 0.29) is 17.9 Å². The third kappa shape index (κ3) is 4.90. The van der Waals surface area contributed by atoms with Crippen molar-refractivity contribution in [1.82, 2.24) is 19.7 Å². The third-order valence-corrected chi connectivity index (χ3v) is 15.2. The van der Waals surface area contributed by atoms with Crippen molar-refractivity contribution in [3.8, 4) is 0 Å². The van der Waals surface area contributed by atoms with E-state index in [4.69, 9.17) is 18.9 Å². The minimum atomic E-state index is -2.26. The van der Waals surface area contributed by atoms with Gasteiger partial charge in [-0.05, 0) is 61.4 Å². The van der Waals surface area contributed by atoms with Crippen LogP contribution in [0.15, 0.2) is 71.5 Å². The second kappa shape index (κ2) is 13.4. The minimum Gasteiger partial charge on any atom is -0.468 e. The summed E-state index contributed by atoms with van der Waals surface area (Å²) in [5.41, 5.74) is 0.810. The van der Waals surface area contributed by atoms with Crippen molar-refractivity contribution < 1.29 is 38.4 Å². The van der Waals surface area contributed by atoms with Gasteiger partial charge in [0, 0.05) is 92.3 Å². The van der Waals surface area contributed by atoms with Gasteiger partial charge in [-0.1, -0.05) is 61.9 Å². The van der Waals surface area contributed by atoms with Gasteiger partial charge in [0.1, 0.15) is 5.41 Å². The summed E-state index contributed by atoms with van der Waals surface area (Å²) >= 11 is 0. The van der Waals surface area contributed by atoms with E-state index in [1.807, 2.05) is 31.0 Å². The number of nitrogens with zero attached hydrogens (tertiary/aromatic N) is 3. The number of para-hydroxylation sites is 1. The summed E-state index contributed by atoms with van der Waals surface area (Å²) in [6.07, 6.45) is 11.6. The zero-order valence-electron chi connectivity index (χ0n) is 34.2. The fourth-order valence-corrected chi connectivity index (χ4v) is 13.3. The fraction of sp³-hybridized carbons (Fsp3) is 0.578. The van der Waals surface area contributed by atoms with Crippen molar-refractivity contribution in [1.29, 1.82) is 0 Å². The summed E-state index contributed by atoms with van der Waals surface area (Å²) in [4.78, 5) is 53.3. The Balaban J connectivity index is 1.33. The SMILES string of the molecule is CCC1=C[C@H]2CN(C1)Cc1c([nH]c3ccccc13)[C@@](C(=O)OC)(C1C=C3C(=CC1OC)N(C)[C@H]1[C@@](O)(C(=O)OC)[C@H](OC(C)=O)[C@]4(CC)C=CCN5CC[C@]31[C@@H]54)C2. The number of ether oxygens (including phenoxy) is 4. The molecule has 12 nitrogen and oxygen atoms in total. The predicted octanol–water partition coefficient (Wildman–Crippen LogP) is 4.40.